The van der Waals surface area contributed by atoms with Crippen molar-refractivity contribution >= 4 is 0 Å². The van der Waals surface area contributed by atoms with Gasteiger partial charge >= 0.3 is 0 Å². The zero-order chi connectivity index (χ0) is 20.6. The Morgan fingerprint density at radius 3 is 2.34 bits per heavy atom. The molecular weight excluding hydrogens is 352 g/mol. The monoisotopic (exact) mass is 398 g/mol. The van der Waals surface area contributed by atoms with Gasteiger partial charge in [0.2, 0.25) is 0 Å². The average Bonchev–Trinajstić information content (AvgIpc) is 3.26. The maximum atomic E-state index is 6.85. The van der Waals surface area contributed by atoms with Gasteiger partial charge in [0.1, 0.15) is 5.60 Å². The van der Waals surface area contributed by atoms with Crippen LogP contribution in [-0.4, -0.2) is 11.7 Å². The highest BCUT2D eigenvalue weighted by molar-refractivity contribution is 5.26. The molecule has 1 aliphatic heterocycles. The van der Waals surface area contributed by atoms with E-state index in [-0.39, 0.29) is 5.60 Å². The minimum atomic E-state index is 0.277. The highest BCUT2D eigenvalue weighted by atomic mass is 16.6. The molecule has 0 aromatic rings. The van der Waals surface area contributed by atoms with Gasteiger partial charge in [-0.15, -0.1) is 0 Å². The molecule has 4 aliphatic carbocycles. The van der Waals surface area contributed by atoms with Crippen molar-refractivity contribution in [3.05, 3.63) is 12.2 Å². The molecule has 5 fully saturated rings. The number of fused-ring (bicyclic) bond motifs is 3. The second kappa shape index (κ2) is 6.85. The van der Waals surface area contributed by atoms with Crippen LogP contribution in [0.4, 0.5) is 0 Å². The molecule has 164 valence electrons. The number of allylic oxidation sites excluding steroid dienone is 2. The van der Waals surface area contributed by atoms with Crippen LogP contribution in [0.2, 0.25) is 0 Å². The minimum absolute atomic E-state index is 0.277. The molecule has 10 atom stereocenters. The summed E-state index contributed by atoms with van der Waals surface area (Å²) in [5.41, 5.74) is 1.34. The van der Waals surface area contributed by atoms with E-state index in [1.807, 2.05) is 0 Å². The van der Waals surface area contributed by atoms with Crippen LogP contribution in [0.25, 0.3) is 0 Å². The van der Waals surface area contributed by atoms with E-state index in [4.69, 9.17) is 4.74 Å². The first-order chi connectivity index (χ1) is 13.7. The van der Waals surface area contributed by atoms with Crippen molar-refractivity contribution in [2.24, 2.45) is 52.3 Å². The number of epoxide rings is 1. The predicted octanol–water partition coefficient (Wildman–Crippen LogP) is 7.65. The average molecular weight is 399 g/mol. The lowest BCUT2D eigenvalue weighted by Crippen LogP contribution is -2.58. The quantitative estimate of drug-likeness (QED) is 0.350. The number of hydrogen-bond donors (Lipinski definition) is 0. The molecule has 1 spiro atoms. The van der Waals surface area contributed by atoms with Crippen molar-refractivity contribution in [2.75, 3.05) is 0 Å². The molecule has 0 aromatic heterocycles. The molecule has 1 heteroatoms. The van der Waals surface area contributed by atoms with E-state index in [0.717, 1.165) is 29.6 Å². The molecule has 10 unspecified atom stereocenters. The molecule has 29 heavy (non-hydrogen) atoms. The van der Waals surface area contributed by atoms with E-state index >= 15 is 0 Å². The van der Waals surface area contributed by atoms with Crippen molar-refractivity contribution in [1.29, 1.82) is 0 Å². The Morgan fingerprint density at radius 1 is 0.828 bits per heavy atom. The molecule has 0 amide bonds. The van der Waals surface area contributed by atoms with Gasteiger partial charge in [-0.2, -0.15) is 0 Å². The van der Waals surface area contributed by atoms with Gasteiger partial charge in [0.25, 0.3) is 0 Å². The van der Waals surface area contributed by atoms with Crippen LogP contribution in [0.1, 0.15) is 99.3 Å². The molecule has 1 nitrogen and oxygen atoms in total. The van der Waals surface area contributed by atoms with Crippen LogP contribution in [0.15, 0.2) is 12.2 Å². The van der Waals surface area contributed by atoms with Gasteiger partial charge in [-0.1, -0.05) is 66.5 Å². The van der Waals surface area contributed by atoms with Crippen LogP contribution in [0.5, 0.6) is 0 Å². The van der Waals surface area contributed by atoms with Crippen molar-refractivity contribution < 1.29 is 4.74 Å². The zero-order valence-corrected chi connectivity index (χ0v) is 20.0. The molecule has 0 aromatic carbocycles. The maximum absolute atomic E-state index is 6.85. The molecular formula is C28H46O. The lowest BCUT2D eigenvalue weighted by Gasteiger charge is -2.59. The molecule has 0 radical (unpaired) electrons. The normalized spacial score (nSPS) is 53.1. The summed E-state index contributed by atoms with van der Waals surface area (Å²) in [7, 11) is 0. The van der Waals surface area contributed by atoms with Gasteiger partial charge in [-0.25, -0.2) is 0 Å². The van der Waals surface area contributed by atoms with Crippen molar-refractivity contribution in [3.63, 3.8) is 0 Å². The van der Waals surface area contributed by atoms with Crippen molar-refractivity contribution in [3.8, 4) is 0 Å². The van der Waals surface area contributed by atoms with Crippen LogP contribution in [0, 0.1) is 52.3 Å². The Labute approximate surface area is 180 Å². The molecule has 0 N–H and O–H groups in total. The van der Waals surface area contributed by atoms with E-state index in [9.17, 15) is 0 Å². The topological polar surface area (TPSA) is 12.5 Å². The van der Waals surface area contributed by atoms with Crippen LogP contribution >= 0.6 is 0 Å². The Morgan fingerprint density at radius 2 is 1.59 bits per heavy atom. The summed E-state index contributed by atoms with van der Waals surface area (Å²) in [6, 6.07) is 0. The van der Waals surface area contributed by atoms with E-state index < -0.39 is 0 Å². The van der Waals surface area contributed by atoms with Gasteiger partial charge in [0.15, 0.2) is 0 Å². The Balaban J connectivity index is 1.39. The third-order valence-electron chi connectivity index (χ3n) is 11.4. The first-order valence-corrected chi connectivity index (χ1v) is 13.1. The third-order valence-corrected chi connectivity index (χ3v) is 11.4. The van der Waals surface area contributed by atoms with Gasteiger partial charge in [0.05, 0.1) is 6.10 Å². The second-order valence-electron chi connectivity index (χ2n) is 12.8. The van der Waals surface area contributed by atoms with Gasteiger partial charge in [-0.3, -0.25) is 0 Å². The Kier molecular flexibility index (Phi) is 4.86. The summed E-state index contributed by atoms with van der Waals surface area (Å²) in [6.07, 6.45) is 18.7. The van der Waals surface area contributed by atoms with E-state index in [2.05, 4.69) is 53.7 Å². The van der Waals surface area contributed by atoms with Crippen LogP contribution in [-0.2, 0) is 4.74 Å². The third kappa shape index (κ3) is 2.81. The van der Waals surface area contributed by atoms with Crippen molar-refractivity contribution in [1.82, 2.24) is 0 Å². The van der Waals surface area contributed by atoms with Gasteiger partial charge < -0.3 is 4.74 Å². The summed E-state index contributed by atoms with van der Waals surface area (Å²) in [4.78, 5) is 0. The molecule has 5 aliphatic rings. The highest BCUT2D eigenvalue weighted by Crippen LogP contribution is 2.76. The Hall–Kier alpha value is -0.300. The summed E-state index contributed by atoms with van der Waals surface area (Å²) in [6.45, 7) is 14.9. The maximum Gasteiger partial charge on any atom is 0.101 e. The minimum Gasteiger partial charge on any atom is -0.365 e. The fraction of sp³-hybridized carbons (Fsp3) is 0.929. The van der Waals surface area contributed by atoms with Gasteiger partial charge in [0, 0.05) is 0 Å². The second-order valence-corrected chi connectivity index (χ2v) is 12.8. The predicted molar refractivity (Wildman–Crippen MR) is 122 cm³/mol. The fourth-order valence-corrected chi connectivity index (χ4v) is 9.30. The lowest BCUT2D eigenvalue weighted by atomic mass is 9.44. The number of rotatable bonds is 4. The molecule has 0 bridgehead atoms. The summed E-state index contributed by atoms with van der Waals surface area (Å²) in [5.74, 6) is 5.60. The Bertz CT molecular complexity index is 665. The molecule has 5 rings (SSSR count). The highest BCUT2D eigenvalue weighted by Gasteiger charge is 2.78. The summed E-state index contributed by atoms with van der Waals surface area (Å²) in [5, 5.41) is 0. The van der Waals surface area contributed by atoms with Crippen LogP contribution < -0.4 is 0 Å². The van der Waals surface area contributed by atoms with Crippen molar-refractivity contribution in [2.45, 2.75) is 111 Å². The van der Waals surface area contributed by atoms with E-state index in [1.165, 1.54) is 57.8 Å². The number of hydrogen-bond acceptors (Lipinski definition) is 1. The first-order valence-electron chi connectivity index (χ1n) is 13.1. The summed E-state index contributed by atoms with van der Waals surface area (Å²) < 4.78 is 6.85. The lowest BCUT2D eigenvalue weighted by molar-refractivity contribution is -0.102. The summed E-state index contributed by atoms with van der Waals surface area (Å²) >= 11 is 0. The largest absolute Gasteiger partial charge is 0.365 e. The van der Waals surface area contributed by atoms with E-state index in [1.54, 1.807) is 0 Å². The van der Waals surface area contributed by atoms with Crippen LogP contribution in [0.3, 0.4) is 0 Å². The standard InChI is InChI=1S/C28H46O/c1-18(2)19(3)10-11-20(4)22-12-13-23-27(22,6)16-14-24-26(5)15-8-7-9-21(26)17-25-28(23,24)29-25/h10-11,18-25H,7-9,12-17H2,1-6H3. The fourth-order valence-electron chi connectivity index (χ4n) is 9.30. The smallest absolute Gasteiger partial charge is 0.101 e. The van der Waals surface area contributed by atoms with Gasteiger partial charge in [-0.05, 0) is 97.2 Å². The molecule has 4 saturated carbocycles. The zero-order valence-electron chi connectivity index (χ0n) is 20.0. The molecule has 1 heterocycles. The van der Waals surface area contributed by atoms with E-state index in [0.29, 0.717) is 28.8 Å². The molecule has 1 saturated heterocycles. The number of ether oxygens (including phenoxy) is 1. The SMILES string of the molecule is CC(C)C(C)C=CC(C)C1CCC2C1(C)CCC1C3(C)CCCCC3CC3OC312. The first kappa shape index (κ1) is 20.6.